The van der Waals surface area contributed by atoms with Gasteiger partial charge in [-0.1, -0.05) is 0 Å². The van der Waals surface area contributed by atoms with E-state index < -0.39 is 11.7 Å². The number of benzene rings is 2. The Bertz CT molecular complexity index is 624. The molecule has 0 spiro atoms. The van der Waals surface area contributed by atoms with Crippen LogP contribution in [0.3, 0.4) is 0 Å². The second kappa shape index (κ2) is 5.61. The quantitative estimate of drug-likeness (QED) is 0.846. The number of halogens is 1. The molecule has 0 atom stereocenters. The molecule has 0 heterocycles. The van der Waals surface area contributed by atoms with Gasteiger partial charge in [0, 0.05) is 31.4 Å². The van der Waals surface area contributed by atoms with E-state index in [1.54, 1.807) is 12.1 Å². The molecule has 20 heavy (non-hydrogen) atoms. The molecule has 2 aromatic rings. The number of phenolic OH excluding ortho intramolecular Hbond substituents is 1. The first-order valence-corrected chi connectivity index (χ1v) is 6.04. The average Bonchev–Trinajstić information content (AvgIpc) is 2.42. The zero-order valence-corrected chi connectivity index (χ0v) is 11.2. The van der Waals surface area contributed by atoms with Crippen LogP contribution in [0.15, 0.2) is 42.5 Å². The van der Waals surface area contributed by atoms with Crippen LogP contribution in [0.25, 0.3) is 0 Å². The molecule has 2 rings (SSSR count). The summed E-state index contributed by atoms with van der Waals surface area (Å²) in [5.41, 5.74) is 1.44. The Kier molecular flexibility index (Phi) is 3.89. The molecular weight excluding hydrogens is 259 g/mol. The van der Waals surface area contributed by atoms with Crippen molar-refractivity contribution in [3.63, 3.8) is 0 Å². The molecule has 0 radical (unpaired) electrons. The molecule has 0 aliphatic heterocycles. The smallest absolute Gasteiger partial charge is 0.255 e. The maximum Gasteiger partial charge on any atom is 0.255 e. The highest BCUT2D eigenvalue weighted by atomic mass is 19.1. The van der Waals surface area contributed by atoms with Crippen molar-refractivity contribution in [1.29, 1.82) is 0 Å². The Balaban J connectivity index is 2.15. The fraction of sp³-hybridized carbons (Fsp3) is 0.133. The summed E-state index contributed by atoms with van der Waals surface area (Å²) < 4.78 is 13.5. The van der Waals surface area contributed by atoms with Crippen molar-refractivity contribution in [3.8, 4) is 5.75 Å². The standard InChI is InChI=1S/C15H15FN2O2/c1-18(2)11-5-3-10(4-6-11)15(20)17-14-8-7-12(19)9-13(14)16/h3-9,19H,1-2H3,(H,17,20). The van der Waals surface area contributed by atoms with Crippen LogP contribution in [0.4, 0.5) is 15.8 Å². The van der Waals surface area contributed by atoms with Gasteiger partial charge in [-0.25, -0.2) is 4.39 Å². The number of carbonyl (C=O) groups is 1. The molecule has 0 aliphatic carbocycles. The largest absolute Gasteiger partial charge is 0.508 e. The summed E-state index contributed by atoms with van der Waals surface area (Å²) in [5.74, 6) is -1.26. The fourth-order valence-electron chi connectivity index (χ4n) is 1.71. The maximum atomic E-state index is 13.5. The van der Waals surface area contributed by atoms with Crippen LogP contribution in [0.2, 0.25) is 0 Å². The van der Waals surface area contributed by atoms with Gasteiger partial charge in [-0.05, 0) is 36.4 Å². The molecular formula is C15H15FN2O2. The van der Waals surface area contributed by atoms with Crippen molar-refractivity contribution in [2.75, 3.05) is 24.3 Å². The number of carbonyl (C=O) groups excluding carboxylic acids is 1. The van der Waals surface area contributed by atoms with Gasteiger partial charge in [-0.15, -0.1) is 0 Å². The highest BCUT2D eigenvalue weighted by molar-refractivity contribution is 6.04. The summed E-state index contributed by atoms with van der Waals surface area (Å²) in [7, 11) is 3.81. The molecule has 2 aromatic carbocycles. The second-order valence-electron chi connectivity index (χ2n) is 4.56. The normalized spacial score (nSPS) is 10.2. The van der Waals surface area contributed by atoms with Crippen LogP contribution in [0.5, 0.6) is 5.75 Å². The van der Waals surface area contributed by atoms with Gasteiger partial charge in [0.25, 0.3) is 5.91 Å². The Morgan fingerprint density at radius 3 is 2.35 bits per heavy atom. The molecule has 0 fully saturated rings. The summed E-state index contributed by atoms with van der Waals surface area (Å²) >= 11 is 0. The first kappa shape index (κ1) is 13.9. The van der Waals surface area contributed by atoms with Gasteiger partial charge < -0.3 is 15.3 Å². The van der Waals surface area contributed by atoms with Crippen LogP contribution >= 0.6 is 0 Å². The SMILES string of the molecule is CN(C)c1ccc(C(=O)Nc2ccc(O)cc2F)cc1. The zero-order valence-electron chi connectivity index (χ0n) is 11.2. The Hall–Kier alpha value is -2.56. The second-order valence-corrected chi connectivity index (χ2v) is 4.56. The molecule has 0 saturated carbocycles. The number of rotatable bonds is 3. The van der Waals surface area contributed by atoms with Crippen molar-refractivity contribution in [2.24, 2.45) is 0 Å². The van der Waals surface area contributed by atoms with E-state index in [4.69, 9.17) is 5.11 Å². The van der Waals surface area contributed by atoms with E-state index in [-0.39, 0.29) is 11.4 Å². The zero-order chi connectivity index (χ0) is 14.7. The summed E-state index contributed by atoms with van der Waals surface area (Å²) in [5, 5.41) is 11.6. The van der Waals surface area contributed by atoms with Crippen molar-refractivity contribution < 1.29 is 14.3 Å². The summed E-state index contributed by atoms with van der Waals surface area (Å²) in [6, 6.07) is 10.5. The number of aromatic hydroxyl groups is 1. The molecule has 0 aliphatic rings. The maximum absolute atomic E-state index is 13.5. The third-order valence-electron chi connectivity index (χ3n) is 2.85. The Morgan fingerprint density at radius 1 is 1.15 bits per heavy atom. The van der Waals surface area contributed by atoms with E-state index in [1.807, 2.05) is 31.1 Å². The van der Waals surface area contributed by atoms with E-state index in [0.717, 1.165) is 11.8 Å². The topological polar surface area (TPSA) is 52.6 Å². The molecule has 0 bridgehead atoms. The van der Waals surface area contributed by atoms with Crippen LogP contribution in [-0.4, -0.2) is 25.1 Å². The summed E-state index contributed by atoms with van der Waals surface area (Å²) in [6.07, 6.45) is 0. The first-order valence-electron chi connectivity index (χ1n) is 6.04. The molecule has 1 amide bonds. The van der Waals surface area contributed by atoms with Gasteiger partial charge in [-0.2, -0.15) is 0 Å². The first-order chi connectivity index (χ1) is 9.47. The van der Waals surface area contributed by atoms with Crippen molar-refractivity contribution in [2.45, 2.75) is 0 Å². The van der Waals surface area contributed by atoms with Crippen molar-refractivity contribution in [3.05, 3.63) is 53.8 Å². The third kappa shape index (κ3) is 3.06. The van der Waals surface area contributed by atoms with E-state index in [9.17, 15) is 9.18 Å². The van der Waals surface area contributed by atoms with E-state index in [1.165, 1.54) is 12.1 Å². The van der Waals surface area contributed by atoms with Crippen LogP contribution < -0.4 is 10.2 Å². The number of nitrogens with one attached hydrogen (secondary N) is 1. The number of nitrogens with zero attached hydrogens (tertiary/aromatic N) is 1. The van der Waals surface area contributed by atoms with Gasteiger partial charge in [0.2, 0.25) is 0 Å². The molecule has 0 aromatic heterocycles. The van der Waals surface area contributed by atoms with Gasteiger partial charge in [0.15, 0.2) is 0 Å². The highest BCUT2D eigenvalue weighted by Crippen LogP contribution is 2.20. The molecule has 4 nitrogen and oxygen atoms in total. The lowest BCUT2D eigenvalue weighted by atomic mass is 10.2. The number of phenols is 1. The highest BCUT2D eigenvalue weighted by Gasteiger charge is 2.10. The molecule has 0 unspecified atom stereocenters. The van der Waals surface area contributed by atoms with Gasteiger partial charge >= 0.3 is 0 Å². The fourth-order valence-corrected chi connectivity index (χ4v) is 1.71. The minimum atomic E-state index is -0.678. The number of hydrogen-bond acceptors (Lipinski definition) is 3. The van der Waals surface area contributed by atoms with Crippen LogP contribution in [-0.2, 0) is 0 Å². The van der Waals surface area contributed by atoms with E-state index >= 15 is 0 Å². The van der Waals surface area contributed by atoms with Crippen molar-refractivity contribution in [1.82, 2.24) is 0 Å². The molecule has 2 N–H and O–H groups in total. The lowest BCUT2D eigenvalue weighted by Gasteiger charge is -2.12. The molecule has 104 valence electrons. The van der Waals surface area contributed by atoms with Crippen LogP contribution in [0.1, 0.15) is 10.4 Å². The molecule has 5 heteroatoms. The monoisotopic (exact) mass is 274 g/mol. The Morgan fingerprint density at radius 2 is 1.80 bits per heavy atom. The third-order valence-corrected chi connectivity index (χ3v) is 2.85. The lowest BCUT2D eigenvalue weighted by molar-refractivity contribution is 0.102. The number of anilines is 2. The minimum absolute atomic E-state index is 0.0319. The van der Waals surface area contributed by atoms with Crippen molar-refractivity contribution >= 4 is 17.3 Å². The summed E-state index contributed by atoms with van der Waals surface area (Å²) in [6.45, 7) is 0. The Labute approximate surface area is 116 Å². The van der Waals surface area contributed by atoms with Gasteiger partial charge in [0.1, 0.15) is 11.6 Å². The summed E-state index contributed by atoms with van der Waals surface area (Å²) in [4.78, 5) is 13.9. The minimum Gasteiger partial charge on any atom is -0.508 e. The van der Waals surface area contributed by atoms with Crippen LogP contribution in [0, 0.1) is 5.82 Å². The lowest BCUT2D eigenvalue weighted by Crippen LogP contribution is -2.14. The molecule has 0 saturated heterocycles. The predicted molar refractivity (Wildman–Crippen MR) is 76.8 cm³/mol. The van der Waals surface area contributed by atoms with E-state index in [2.05, 4.69) is 5.32 Å². The van der Waals surface area contributed by atoms with Gasteiger partial charge in [-0.3, -0.25) is 4.79 Å². The number of hydrogen-bond donors (Lipinski definition) is 2. The van der Waals surface area contributed by atoms with Gasteiger partial charge in [0.05, 0.1) is 5.69 Å². The predicted octanol–water partition coefficient (Wildman–Crippen LogP) is 2.85. The van der Waals surface area contributed by atoms with E-state index in [0.29, 0.717) is 5.56 Å². The number of amides is 1. The average molecular weight is 274 g/mol.